The Labute approximate surface area is 132 Å². The van der Waals surface area contributed by atoms with E-state index in [0.29, 0.717) is 9.88 Å². The molecule has 0 aliphatic carbocycles. The molecule has 1 aromatic heterocycles. The molecule has 2 rings (SSSR count). The average Bonchev–Trinajstić information content (AvgIpc) is 2.76. The lowest BCUT2D eigenvalue weighted by atomic mass is 10.2. The Morgan fingerprint density at radius 1 is 1.48 bits per heavy atom. The maximum atomic E-state index is 14.1. The summed E-state index contributed by atoms with van der Waals surface area (Å²) in [6.45, 7) is 1.73. The zero-order valence-corrected chi connectivity index (χ0v) is 13.8. The van der Waals surface area contributed by atoms with E-state index in [4.69, 9.17) is 5.11 Å². The Kier molecular flexibility index (Phi) is 4.45. The summed E-state index contributed by atoms with van der Waals surface area (Å²) in [6.07, 6.45) is 1.41. The van der Waals surface area contributed by atoms with Crippen LogP contribution < -0.4 is 0 Å². The van der Waals surface area contributed by atoms with Crippen molar-refractivity contribution in [2.24, 2.45) is 0 Å². The van der Waals surface area contributed by atoms with Gasteiger partial charge in [-0.05, 0) is 19.1 Å². The van der Waals surface area contributed by atoms with E-state index in [1.807, 2.05) is 0 Å². The molecule has 0 bridgehead atoms. The first kappa shape index (κ1) is 16.1. The predicted octanol–water partition coefficient (Wildman–Crippen LogP) is 3.03. The highest BCUT2D eigenvalue weighted by molar-refractivity contribution is 9.10. The van der Waals surface area contributed by atoms with Gasteiger partial charge in [-0.25, -0.2) is 22.6 Å². The fourth-order valence-corrected chi connectivity index (χ4v) is 4.88. The van der Waals surface area contributed by atoms with Gasteiger partial charge in [0.2, 0.25) is 0 Å². The Morgan fingerprint density at radius 2 is 2.14 bits per heavy atom. The maximum Gasteiger partial charge on any atom is 0.338 e. The number of aromatic nitrogens is 1. The molecule has 2 aromatic rings. The Hall–Kier alpha value is -1.32. The van der Waals surface area contributed by atoms with Gasteiger partial charge < -0.3 is 5.11 Å². The lowest BCUT2D eigenvalue weighted by Gasteiger charge is -2.07. The molecule has 0 aliphatic rings. The van der Waals surface area contributed by atoms with Crippen LogP contribution in [0.3, 0.4) is 0 Å². The maximum absolute atomic E-state index is 14.1. The number of rotatable bonds is 4. The minimum Gasteiger partial charge on any atom is -0.478 e. The largest absolute Gasteiger partial charge is 0.478 e. The molecular formula is C12H9BrFNO4S2. The molecule has 9 heteroatoms. The number of carboxylic acids is 1. The van der Waals surface area contributed by atoms with Gasteiger partial charge in [0.15, 0.2) is 15.7 Å². The number of aromatic carboxylic acids is 1. The van der Waals surface area contributed by atoms with Gasteiger partial charge in [0, 0.05) is 15.5 Å². The molecule has 1 heterocycles. The summed E-state index contributed by atoms with van der Waals surface area (Å²) < 4.78 is 38.9. The van der Waals surface area contributed by atoms with E-state index in [-0.39, 0.29) is 4.47 Å². The molecule has 21 heavy (non-hydrogen) atoms. The second-order valence-electron chi connectivity index (χ2n) is 4.18. The number of carboxylic acid groups (broad SMARTS) is 1. The highest BCUT2D eigenvalue weighted by Crippen LogP contribution is 2.27. The molecular weight excluding hydrogens is 385 g/mol. The van der Waals surface area contributed by atoms with Crippen molar-refractivity contribution < 1.29 is 22.7 Å². The van der Waals surface area contributed by atoms with Gasteiger partial charge in [-0.1, -0.05) is 15.9 Å². The molecule has 1 aromatic carbocycles. The van der Waals surface area contributed by atoms with Crippen molar-refractivity contribution in [1.82, 2.24) is 4.98 Å². The molecule has 112 valence electrons. The molecule has 0 unspecified atom stereocenters. The number of benzene rings is 1. The van der Waals surface area contributed by atoms with Gasteiger partial charge >= 0.3 is 5.97 Å². The number of hydrogen-bond acceptors (Lipinski definition) is 5. The number of hydrogen-bond donors (Lipinski definition) is 1. The number of halogens is 2. The highest BCUT2D eigenvalue weighted by Gasteiger charge is 2.26. The number of thiazole rings is 1. The van der Waals surface area contributed by atoms with E-state index in [1.54, 1.807) is 6.92 Å². The van der Waals surface area contributed by atoms with Crippen LogP contribution in [0.15, 0.2) is 27.7 Å². The standard InChI is InChI=1S/C12H9BrFNO4S2/c1-6-15-4-8(20-6)5-21(18,19)10-3-7(13)2-9(11(10)14)12(16)17/h2-4H,5H2,1H3,(H,16,17). The molecule has 0 amide bonds. The normalized spacial score (nSPS) is 11.6. The quantitative estimate of drug-likeness (QED) is 0.862. The van der Waals surface area contributed by atoms with Crippen molar-refractivity contribution in [2.75, 3.05) is 0 Å². The van der Waals surface area contributed by atoms with Crippen LogP contribution in [0.25, 0.3) is 0 Å². The van der Waals surface area contributed by atoms with E-state index in [9.17, 15) is 17.6 Å². The molecule has 1 N–H and O–H groups in total. The molecule has 5 nitrogen and oxygen atoms in total. The first-order chi connectivity index (χ1) is 9.70. The Balaban J connectivity index is 2.52. The second kappa shape index (κ2) is 5.82. The summed E-state index contributed by atoms with van der Waals surface area (Å²) in [7, 11) is -4.01. The van der Waals surface area contributed by atoms with Gasteiger partial charge in [-0.3, -0.25) is 0 Å². The smallest absolute Gasteiger partial charge is 0.338 e. The van der Waals surface area contributed by atoms with E-state index in [1.165, 1.54) is 17.5 Å². The van der Waals surface area contributed by atoms with E-state index in [2.05, 4.69) is 20.9 Å². The van der Waals surface area contributed by atoms with E-state index >= 15 is 0 Å². The molecule has 0 saturated carbocycles. The highest BCUT2D eigenvalue weighted by atomic mass is 79.9. The van der Waals surface area contributed by atoms with E-state index in [0.717, 1.165) is 12.1 Å². The van der Waals surface area contributed by atoms with Gasteiger partial charge in [-0.15, -0.1) is 11.3 Å². The second-order valence-corrected chi connectivity index (χ2v) is 8.37. The predicted molar refractivity (Wildman–Crippen MR) is 78.8 cm³/mol. The fraction of sp³-hybridized carbons (Fsp3) is 0.167. The number of nitrogens with zero attached hydrogens (tertiary/aromatic N) is 1. The van der Waals surface area contributed by atoms with Crippen LogP contribution >= 0.6 is 27.3 Å². The van der Waals surface area contributed by atoms with Crippen LogP contribution in [-0.2, 0) is 15.6 Å². The van der Waals surface area contributed by atoms with Crippen LogP contribution in [0.5, 0.6) is 0 Å². The topological polar surface area (TPSA) is 84.3 Å². The van der Waals surface area contributed by atoms with Crippen molar-refractivity contribution in [1.29, 1.82) is 0 Å². The van der Waals surface area contributed by atoms with Crippen LogP contribution in [0, 0.1) is 12.7 Å². The molecule has 0 atom stereocenters. The summed E-state index contributed by atoms with van der Waals surface area (Å²) in [5.74, 6) is -3.21. The summed E-state index contributed by atoms with van der Waals surface area (Å²) in [4.78, 5) is 14.7. The van der Waals surface area contributed by atoms with Crippen molar-refractivity contribution in [2.45, 2.75) is 17.6 Å². The number of sulfone groups is 1. The molecule has 0 spiro atoms. The lowest BCUT2D eigenvalue weighted by Crippen LogP contribution is -2.11. The first-order valence-electron chi connectivity index (χ1n) is 5.57. The van der Waals surface area contributed by atoms with Crippen molar-refractivity contribution >= 4 is 43.1 Å². The van der Waals surface area contributed by atoms with Crippen LogP contribution in [0.2, 0.25) is 0 Å². The van der Waals surface area contributed by atoms with E-state index < -0.39 is 37.8 Å². The number of aryl methyl sites for hydroxylation is 1. The van der Waals surface area contributed by atoms with Crippen molar-refractivity contribution in [3.63, 3.8) is 0 Å². The third kappa shape index (κ3) is 3.47. The first-order valence-corrected chi connectivity index (χ1v) is 8.83. The zero-order valence-electron chi connectivity index (χ0n) is 10.6. The third-order valence-corrected chi connectivity index (χ3v) is 5.78. The lowest BCUT2D eigenvalue weighted by molar-refractivity contribution is 0.0691. The summed E-state index contributed by atoms with van der Waals surface area (Å²) >= 11 is 4.18. The van der Waals surface area contributed by atoms with Gasteiger partial charge in [-0.2, -0.15) is 0 Å². The minimum absolute atomic E-state index is 0.181. The van der Waals surface area contributed by atoms with Crippen LogP contribution in [0.1, 0.15) is 20.2 Å². The average molecular weight is 394 g/mol. The molecule has 0 saturated heterocycles. The van der Waals surface area contributed by atoms with Crippen molar-refractivity contribution in [3.8, 4) is 0 Å². The Morgan fingerprint density at radius 3 is 2.67 bits per heavy atom. The monoisotopic (exact) mass is 393 g/mol. The van der Waals surface area contributed by atoms with Gasteiger partial charge in [0.05, 0.1) is 16.3 Å². The molecule has 0 fully saturated rings. The molecule has 0 radical (unpaired) electrons. The zero-order chi connectivity index (χ0) is 15.8. The fourth-order valence-electron chi connectivity index (χ4n) is 1.68. The van der Waals surface area contributed by atoms with Crippen molar-refractivity contribution in [3.05, 3.63) is 44.1 Å². The number of carbonyl (C=O) groups is 1. The van der Waals surface area contributed by atoms with Gasteiger partial charge in [0.25, 0.3) is 0 Å². The minimum atomic E-state index is -4.01. The van der Waals surface area contributed by atoms with Crippen LogP contribution in [-0.4, -0.2) is 24.5 Å². The summed E-state index contributed by atoms with van der Waals surface area (Å²) in [6, 6.07) is 2.08. The van der Waals surface area contributed by atoms with Crippen LogP contribution in [0.4, 0.5) is 4.39 Å². The summed E-state index contributed by atoms with van der Waals surface area (Å²) in [5.41, 5.74) is -0.691. The molecule has 0 aliphatic heterocycles. The summed E-state index contributed by atoms with van der Waals surface area (Å²) in [5, 5.41) is 9.61. The third-order valence-electron chi connectivity index (χ3n) is 2.57. The Bertz CT molecular complexity index is 817. The SMILES string of the molecule is Cc1ncc(CS(=O)(=O)c2cc(Br)cc(C(=O)O)c2F)s1. The van der Waals surface area contributed by atoms with Gasteiger partial charge in [0.1, 0.15) is 4.90 Å².